The van der Waals surface area contributed by atoms with Crippen LogP contribution in [-0.4, -0.2) is 10.2 Å². The molecule has 3 nitrogen and oxygen atoms in total. The quantitative estimate of drug-likeness (QED) is 0.574. The Morgan fingerprint density at radius 3 is 2.26 bits per heavy atom. The van der Waals surface area contributed by atoms with Crippen molar-refractivity contribution in [2.75, 3.05) is 0 Å². The van der Waals surface area contributed by atoms with Gasteiger partial charge in [-0.15, -0.1) is 0 Å². The van der Waals surface area contributed by atoms with Gasteiger partial charge in [-0.3, -0.25) is 0 Å². The molecule has 0 aliphatic heterocycles. The van der Waals surface area contributed by atoms with Gasteiger partial charge in [-0.05, 0) is 43.2 Å². The highest BCUT2D eigenvalue weighted by molar-refractivity contribution is 9.11. The first-order chi connectivity index (χ1) is 10.9. The second kappa shape index (κ2) is 6.40. The van der Waals surface area contributed by atoms with E-state index in [1.54, 1.807) is 6.92 Å². The Kier molecular flexibility index (Phi) is 4.65. The third-order valence-corrected chi connectivity index (χ3v) is 5.58. The van der Waals surface area contributed by atoms with Crippen molar-refractivity contribution >= 4 is 42.8 Å². The van der Waals surface area contributed by atoms with Gasteiger partial charge in [-0.25, -0.2) is 0 Å². The first-order valence-corrected chi connectivity index (χ1v) is 8.81. The third-order valence-electron chi connectivity index (χ3n) is 3.93. The summed E-state index contributed by atoms with van der Waals surface area (Å²) in [7, 11) is 0. The zero-order valence-corrected chi connectivity index (χ0v) is 15.8. The van der Waals surface area contributed by atoms with Gasteiger partial charge in [-0.1, -0.05) is 50.1 Å². The van der Waals surface area contributed by atoms with E-state index in [1.165, 1.54) is 0 Å². The predicted molar refractivity (Wildman–Crippen MR) is 97.5 cm³/mol. The van der Waals surface area contributed by atoms with E-state index in [0.717, 1.165) is 25.5 Å². The molecule has 3 rings (SSSR count). The van der Waals surface area contributed by atoms with Gasteiger partial charge in [0.1, 0.15) is 23.6 Å². The summed E-state index contributed by atoms with van der Waals surface area (Å²) in [6.45, 7) is 3.62. The van der Waals surface area contributed by atoms with Crippen LogP contribution in [0.5, 0.6) is 0 Å². The molecule has 2 unspecified atom stereocenters. The van der Waals surface area contributed by atoms with Crippen LogP contribution in [0.1, 0.15) is 41.6 Å². The molecule has 1 heterocycles. The number of fused-ring (bicyclic) bond motifs is 1. The van der Waals surface area contributed by atoms with Crippen molar-refractivity contribution in [1.29, 1.82) is 0 Å². The highest BCUT2D eigenvalue weighted by Gasteiger charge is 2.25. The minimum atomic E-state index is -0.892. The van der Waals surface area contributed by atoms with E-state index in [-0.39, 0.29) is 0 Å². The van der Waals surface area contributed by atoms with Gasteiger partial charge in [0.25, 0.3) is 0 Å². The van der Waals surface area contributed by atoms with Crippen LogP contribution >= 0.6 is 31.9 Å². The van der Waals surface area contributed by atoms with E-state index in [9.17, 15) is 10.2 Å². The lowest BCUT2D eigenvalue weighted by Gasteiger charge is -2.15. The van der Waals surface area contributed by atoms with Crippen molar-refractivity contribution in [1.82, 2.24) is 0 Å². The number of halogens is 2. The van der Waals surface area contributed by atoms with E-state index in [1.807, 2.05) is 43.3 Å². The molecular weight excluding hydrogens is 424 g/mol. The summed E-state index contributed by atoms with van der Waals surface area (Å²) in [5, 5.41) is 21.8. The Labute approximate surface area is 151 Å². The number of furan rings is 1. The SMILES string of the molecule is Cc1c(Br)cc(C(O)c2c(C(C)O)oc3ccccc23)cc1Br. The van der Waals surface area contributed by atoms with Crippen molar-refractivity contribution in [2.45, 2.75) is 26.1 Å². The third kappa shape index (κ3) is 2.98. The molecule has 2 N–H and O–H groups in total. The molecule has 0 bridgehead atoms. The Hall–Kier alpha value is -1.14. The maximum absolute atomic E-state index is 10.9. The highest BCUT2D eigenvalue weighted by atomic mass is 79.9. The molecule has 0 saturated heterocycles. The van der Waals surface area contributed by atoms with E-state index in [0.29, 0.717) is 16.9 Å². The number of aliphatic hydroxyl groups excluding tert-OH is 2. The monoisotopic (exact) mass is 438 g/mol. The van der Waals surface area contributed by atoms with E-state index in [4.69, 9.17) is 4.42 Å². The second-order valence-corrected chi connectivity index (χ2v) is 7.27. The van der Waals surface area contributed by atoms with Crippen LogP contribution in [0.2, 0.25) is 0 Å². The number of aliphatic hydroxyl groups is 2. The highest BCUT2D eigenvalue weighted by Crippen LogP contribution is 2.39. The minimum absolute atomic E-state index is 0.395. The first kappa shape index (κ1) is 16.7. The van der Waals surface area contributed by atoms with E-state index >= 15 is 0 Å². The van der Waals surface area contributed by atoms with Crippen molar-refractivity contribution in [3.63, 3.8) is 0 Å². The summed E-state index contributed by atoms with van der Waals surface area (Å²) in [5.74, 6) is 0.395. The minimum Gasteiger partial charge on any atom is -0.458 e. The van der Waals surface area contributed by atoms with Crippen LogP contribution in [-0.2, 0) is 0 Å². The van der Waals surface area contributed by atoms with Crippen LogP contribution < -0.4 is 0 Å². The Balaban J connectivity index is 2.21. The summed E-state index contributed by atoms with van der Waals surface area (Å²) in [5.41, 5.74) is 3.05. The summed E-state index contributed by atoms with van der Waals surface area (Å²) in [4.78, 5) is 0. The average Bonchev–Trinajstić information content (AvgIpc) is 2.91. The Morgan fingerprint density at radius 1 is 1.04 bits per heavy atom. The maximum Gasteiger partial charge on any atom is 0.139 e. The summed E-state index contributed by atoms with van der Waals surface area (Å²) >= 11 is 7.02. The van der Waals surface area contributed by atoms with Gasteiger partial charge in [-0.2, -0.15) is 0 Å². The first-order valence-electron chi connectivity index (χ1n) is 7.23. The van der Waals surface area contributed by atoms with Gasteiger partial charge >= 0.3 is 0 Å². The zero-order valence-electron chi connectivity index (χ0n) is 12.7. The number of rotatable bonds is 3. The fourth-order valence-corrected chi connectivity index (χ4v) is 3.89. The summed E-state index contributed by atoms with van der Waals surface area (Å²) in [6, 6.07) is 11.3. The van der Waals surface area contributed by atoms with E-state index < -0.39 is 12.2 Å². The van der Waals surface area contributed by atoms with Crippen molar-refractivity contribution in [2.24, 2.45) is 0 Å². The molecule has 0 spiro atoms. The van der Waals surface area contributed by atoms with Gasteiger partial charge in [0.15, 0.2) is 0 Å². The molecule has 0 saturated carbocycles. The fraction of sp³-hybridized carbons (Fsp3) is 0.222. The molecule has 0 amide bonds. The lowest BCUT2D eigenvalue weighted by atomic mass is 9.96. The lowest BCUT2D eigenvalue weighted by Crippen LogP contribution is -2.04. The molecule has 5 heteroatoms. The van der Waals surface area contributed by atoms with Crippen LogP contribution in [0.3, 0.4) is 0 Å². The zero-order chi connectivity index (χ0) is 16.7. The van der Waals surface area contributed by atoms with Gasteiger partial charge in [0.2, 0.25) is 0 Å². The molecule has 3 aromatic rings. The van der Waals surface area contributed by atoms with Gasteiger partial charge in [0, 0.05) is 19.9 Å². The van der Waals surface area contributed by atoms with Crippen molar-refractivity contribution < 1.29 is 14.6 Å². The molecule has 120 valence electrons. The molecule has 0 fully saturated rings. The second-order valence-electron chi connectivity index (χ2n) is 5.56. The topological polar surface area (TPSA) is 53.6 Å². The fourth-order valence-electron chi connectivity index (χ4n) is 2.67. The molecule has 2 atom stereocenters. The van der Waals surface area contributed by atoms with Gasteiger partial charge < -0.3 is 14.6 Å². The lowest BCUT2D eigenvalue weighted by molar-refractivity contribution is 0.160. The summed E-state index contributed by atoms with van der Waals surface area (Å²) in [6.07, 6.45) is -1.69. The van der Waals surface area contributed by atoms with Crippen molar-refractivity contribution in [3.05, 3.63) is 67.8 Å². The maximum atomic E-state index is 10.9. The molecule has 1 aromatic heterocycles. The van der Waals surface area contributed by atoms with Crippen molar-refractivity contribution in [3.8, 4) is 0 Å². The normalized spacial score (nSPS) is 14.2. The van der Waals surface area contributed by atoms with Crippen LogP contribution in [0.15, 0.2) is 49.8 Å². The molecule has 0 radical (unpaired) electrons. The number of hydrogen-bond donors (Lipinski definition) is 2. The Morgan fingerprint density at radius 2 is 1.65 bits per heavy atom. The average molecular weight is 440 g/mol. The molecule has 0 aliphatic rings. The van der Waals surface area contributed by atoms with E-state index in [2.05, 4.69) is 31.9 Å². The van der Waals surface area contributed by atoms with Gasteiger partial charge in [0.05, 0.1) is 0 Å². The summed E-state index contributed by atoms with van der Waals surface area (Å²) < 4.78 is 7.57. The van der Waals surface area contributed by atoms with Crippen LogP contribution in [0, 0.1) is 6.92 Å². The number of hydrogen-bond acceptors (Lipinski definition) is 3. The molecule has 23 heavy (non-hydrogen) atoms. The smallest absolute Gasteiger partial charge is 0.139 e. The molecule has 0 aliphatic carbocycles. The Bertz CT molecular complexity index is 845. The predicted octanol–water partition coefficient (Wildman–Crippen LogP) is 5.40. The number of para-hydroxylation sites is 1. The number of benzene rings is 2. The standard InChI is InChI=1S/C18H16Br2O3/c1-9-13(19)7-11(8-14(9)20)17(22)16-12-5-3-4-6-15(12)23-18(16)10(2)21/h3-8,10,17,21-22H,1-2H3. The molecule has 2 aromatic carbocycles. The molecular formula is C18H16Br2O3. The van der Waals surface area contributed by atoms with Crippen LogP contribution in [0.4, 0.5) is 0 Å². The van der Waals surface area contributed by atoms with Crippen LogP contribution in [0.25, 0.3) is 11.0 Å². The largest absolute Gasteiger partial charge is 0.458 e.